The number of rotatable bonds is 5. The van der Waals surface area contributed by atoms with E-state index in [1.54, 1.807) is 48.5 Å². The fraction of sp³-hybridized carbons (Fsp3) is 0.238. The second-order valence-corrected chi connectivity index (χ2v) is 6.23. The first-order chi connectivity index (χ1) is 12.6. The van der Waals surface area contributed by atoms with Crippen molar-refractivity contribution in [3.05, 3.63) is 77.1 Å². The summed E-state index contributed by atoms with van der Waals surface area (Å²) in [6.45, 7) is 2.30. The Balaban J connectivity index is 2.19. The van der Waals surface area contributed by atoms with Crippen LogP contribution in [0.3, 0.4) is 0 Å². The van der Waals surface area contributed by atoms with Crippen LogP contribution in [0.1, 0.15) is 36.9 Å². The van der Waals surface area contributed by atoms with Crippen molar-refractivity contribution in [3.8, 4) is 0 Å². The Labute approximate surface area is 151 Å². The van der Waals surface area contributed by atoms with Gasteiger partial charge in [0.25, 0.3) is 11.7 Å². The van der Waals surface area contributed by atoms with Gasteiger partial charge in [0.2, 0.25) is 0 Å². The second-order valence-electron chi connectivity index (χ2n) is 6.23. The van der Waals surface area contributed by atoms with Gasteiger partial charge in [-0.05, 0) is 12.5 Å². The maximum absolute atomic E-state index is 14.5. The van der Waals surface area contributed by atoms with Crippen molar-refractivity contribution < 1.29 is 19.1 Å². The lowest BCUT2D eigenvalue weighted by atomic mass is 9.95. The van der Waals surface area contributed by atoms with E-state index in [2.05, 4.69) is 0 Å². The molecule has 1 fully saturated rings. The molecule has 0 aromatic heterocycles. The van der Waals surface area contributed by atoms with Gasteiger partial charge in [-0.1, -0.05) is 61.9 Å². The number of ketones is 1. The molecule has 1 N–H and O–H groups in total. The van der Waals surface area contributed by atoms with Crippen molar-refractivity contribution in [2.45, 2.75) is 25.8 Å². The molecule has 0 bridgehead atoms. The summed E-state index contributed by atoms with van der Waals surface area (Å²) in [4.78, 5) is 26.6. The Morgan fingerprint density at radius 2 is 1.73 bits per heavy atom. The number of Topliss-reactive ketones (excluding diaryl/α,β-unsaturated/α-hetero) is 1. The van der Waals surface area contributed by atoms with Crippen molar-refractivity contribution in [1.82, 2.24) is 4.90 Å². The van der Waals surface area contributed by atoms with E-state index in [0.717, 1.165) is 6.42 Å². The summed E-state index contributed by atoms with van der Waals surface area (Å²) in [5, 5.41) is 10.7. The van der Waals surface area contributed by atoms with Gasteiger partial charge in [0, 0.05) is 17.7 Å². The molecule has 0 aliphatic carbocycles. The standard InChI is InChI=1S/C21H20FNO3/c1-2-3-13-23-18(15-11-7-8-12-16(15)22)17(20(25)21(23)26)19(24)14-9-5-4-6-10-14/h4-12,18,24H,2-3,13H2,1H3/b19-17+/t18-/m0/s1. The average molecular weight is 353 g/mol. The summed E-state index contributed by atoms with van der Waals surface area (Å²) in [6, 6.07) is 13.6. The van der Waals surface area contributed by atoms with Crippen LogP contribution in [0.5, 0.6) is 0 Å². The highest BCUT2D eigenvalue weighted by Gasteiger charge is 2.46. The number of amides is 1. The third-order valence-electron chi connectivity index (χ3n) is 4.54. The molecule has 1 aliphatic heterocycles. The SMILES string of the molecule is CCCCN1C(=O)C(=O)/C(=C(/O)c2ccccc2)[C@@H]1c1ccccc1F. The smallest absolute Gasteiger partial charge is 0.295 e. The predicted octanol–water partition coefficient (Wildman–Crippen LogP) is 4.05. The Morgan fingerprint density at radius 3 is 2.38 bits per heavy atom. The molecular weight excluding hydrogens is 333 g/mol. The van der Waals surface area contributed by atoms with Gasteiger partial charge in [-0.2, -0.15) is 0 Å². The molecule has 2 aromatic carbocycles. The minimum Gasteiger partial charge on any atom is -0.507 e. The predicted molar refractivity (Wildman–Crippen MR) is 96.8 cm³/mol. The maximum Gasteiger partial charge on any atom is 0.295 e. The van der Waals surface area contributed by atoms with Crippen LogP contribution in [-0.4, -0.2) is 28.2 Å². The molecule has 0 saturated carbocycles. The number of aliphatic hydroxyl groups excluding tert-OH is 1. The molecule has 1 heterocycles. The molecule has 3 rings (SSSR count). The third-order valence-corrected chi connectivity index (χ3v) is 4.54. The quantitative estimate of drug-likeness (QED) is 0.501. The number of hydrogen-bond donors (Lipinski definition) is 1. The molecule has 4 nitrogen and oxygen atoms in total. The van der Waals surface area contributed by atoms with Gasteiger partial charge in [-0.15, -0.1) is 0 Å². The van der Waals surface area contributed by atoms with Gasteiger partial charge in [0.1, 0.15) is 11.6 Å². The van der Waals surface area contributed by atoms with Crippen LogP contribution >= 0.6 is 0 Å². The Hall–Kier alpha value is -2.95. The van der Waals surface area contributed by atoms with E-state index in [1.807, 2.05) is 6.92 Å². The summed E-state index contributed by atoms with van der Waals surface area (Å²) in [5.74, 6) is -2.28. The van der Waals surface area contributed by atoms with Gasteiger partial charge >= 0.3 is 0 Å². The number of hydrogen-bond acceptors (Lipinski definition) is 3. The topological polar surface area (TPSA) is 57.6 Å². The molecule has 2 aromatic rings. The van der Waals surface area contributed by atoms with E-state index < -0.39 is 23.5 Å². The van der Waals surface area contributed by atoms with Crippen molar-refractivity contribution in [2.24, 2.45) is 0 Å². The molecule has 0 radical (unpaired) electrons. The zero-order valence-electron chi connectivity index (χ0n) is 14.5. The number of nitrogens with zero attached hydrogens (tertiary/aromatic N) is 1. The van der Waals surface area contributed by atoms with Gasteiger partial charge < -0.3 is 10.0 Å². The molecule has 26 heavy (non-hydrogen) atoms. The zero-order chi connectivity index (χ0) is 18.7. The van der Waals surface area contributed by atoms with Crippen molar-refractivity contribution in [2.75, 3.05) is 6.54 Å². The van der Waals surface area contributed by atoms with E-state index >= 15 is 0 Å². The van der Waals surface area contributed by atoms with Gasteiger partial charge in [-0.3, -0.25) is 9.59 Å². The van der Waals surface area contributed by atoms with E-state index in [9.17, 15) is 19.1 Å². The minimum absolute atomic E-state index is 0.0672. The molecular formula is C21H20FNO3. The molecule has 1 saturated heterocycles. The lowest BCUT2D eigenvalue weighted by molar-refractivity contribution is -0.139. The van der Waals surface area contributed by atoms with Gasteiger partial charge in [0.15, 0.2) is 0 Å². The van der Waals surface area contributed by atoms with Crippen molar-refractivity contribution in [3.63, 3.8) is 0 Å². The number of unbranched alkanes of at least 4 members (excludes halogenated alkanes) is 1. The molecule has 0 spiro atoms. The summed E-state index contributed by atoms with van der Waals surface area (Å²) in [7, 11) is 0. The summed E-state index contributed by atoms with van der Waals surface area (Å²) < 4.78 is 14.5. The molecule has 1 aliphatic rings. The number of benzene rings is 2. The lowest BCUT2D eigenvalue weighted by Crippen LogP contribution is -2.31. The van der Waals surface area contributed by atoms with Gasteiger partial charge in [-0.25, -0.2) is 4.39 Å². The molecule has 134 valence electrons. The van der Waals surface area contributed by atoms with Gasteiger partial charge in [0.05, 0.1) is 11.6 Å². The van der Waals surface area contributed by atoms with Crippen LogP contribution in [0, 0.1) is 5.82 Å². The number of aliphatic hydroxyl groups is 1. The molecule has 1 atom stereocenters. The minimum atomic E-state index is -0.928. The first-order valence-electron chi connectivity index (χ1n) is 8.64. The Kier molecular flexibility index (Phi) is 5.16. The van der Waals surface area contributed by atoms with Crippen LogP contribution in [0.4, 0.5) is 4.39 Å². The lowest BCUT2D eigenvalue weighted by Gasteiger charge is -2.25. The second kappa shape index (κ2) is 7.52. The van der Waals surface area contributed by atoms with E-state index in [-0.39, 0.29) is 16.9 Å². The third kappa shape index (κ3) is 3.12. The monoisotopic (exact) mass is 353 g/mol. The number of carbonyl (C=O) groups excluding carboxylic acids is 2. The largest absolute Gasteiger partial charge is 0.507 e. The van der Waals surface area contributed by atoms with Crippen LogP contribution in [0.2, 0.25) is 0 Å². The Bertz CT molecular complexity index is 861. The maximum atomic E-state index is 14.5. The van der Waals surface area contributed by atoms with Crippen molar-refractivity contribution >= 4 is 17.4 Å². The van der Waals surface area contributed by atoms with Crippen LogP contribution in [-0.2, 0) is 9.59 Å². The Morgan fingerprint density at radius 1 is 1.08 bits per heavy atom. The van der Waals surface area contributed by atoms with E-state index in [0.29, 0.717) is 18.5 Å². The number of likely N-dealkylation sites (tertiary alicyclic amines) is 1. The molecule has 0 unspecified atom stereocenters. The van der Waals surface area contributed by atoms with Crippen molar-refractivity contribution in [1.29, 1.82) is 0 Å². The first-order valence-corrected chi connectivity index (χ1v) is 8.64. The van der Waals surface area contributed by atoms with Crippen LogP contribution < -0.4 is 0 Å². The average Bonchev–Trinajstić information content (AvgIpc) is 2.91. The summed E-state index contributed by atoms with van der Waals surface area (Å²) in [5.41, 5.74) is 0.560. The van der Waals surface area contributed by atoms with E-state index in [4.69, 9.17) is 0 Å². The highest BCUT2D eigenvalue weighted by molar-refractivity contribution is 6.46. The zero-order valence-corrected chi connectivity index (χ0v) is 14.5. The summed E-state index contributed by atoms with van der Waals surface area (Å²) >= 11 is 0. The first kappa shape index (κ1) is 17.9. The fourth-order valence-corrected chi connectivity index (χ4v) is 3.21. The van der Waals surface area contributed by atoms with Crippen LogP contribution in [0.15, 0.2) is 60.2 Å². The summed E-state index contributed by atoms with van der Waals surface area (Å²) in [6.07, 6.45) is 1.51. The molecule has 5 heteroatoms. The van der Waals surface area contributed by atoms with E-state index in [1.165, 1.54) is 11.0 Å². The number of halogens is 1. The highest BCUT2D eigenvalue weighted by atomic mass is 19.1. The fourth-order valence-electron chi connectivity index (χ4n) is 3.21. The number of carbonyl (C=O) groups is 2. The molecule has 1 amide bonds. The van der Waals surface area contributed by atoms with Crippen LogP contribution in [0.25, 0.3) is 5.76 Å². The normalized spacial score (nSPS) is 19.2. The highest BCUT2D eigenvalue weighted by Crippen LogP contribution is 2.40.